The average Bonchev–Trinajstić information content (AvgIpc) is 2.47. The normalized spacial score (nSPS) is 11.0. The summed E-state index contributed by atoms with van der Waals surface area (Å²) in [6.07, 6.45) is 1.51. The Balaban J connectivity index is 2.02. The summed E-state index contributed by atoms with van der Waals surface area (Å²) in [5.74, 6) is 0.327. The van der Waals surface area contributed by atoms with Gasteiger partial charge in [-0.25, -0.2) is 4.98 Å². The third-order valence-electron chi connectivity index (χ3n) is 2.97. The average molecular weight is 307 g/mol. The molecule has 1 amide bonds. The second-order valence-corrected chi connectivity index (χ2v) is 5.59. The van der Waals surface area contributed by atoms with Crippen LogP contribution in [0.3, 0.4) is 0 Å². The number of fused-ring (bicyclic) bond motifs is 1. The van der Waals surface area contributed by atoms with Gasteiger partial charge in [-0.3, -0.25) is 4.79 Å². The lowest BCUT2D eigenvalue weighted by atomic mass is 10.1. The maximum absolute atomic E-state index is 12.2. The highest BCUT2D eigenvalue weighted by molar-refractivity contribution is 6.34. The minimum Gasteiger partial charge on any atom is -0.379 e. The zero-order valence-electron chi connectivity index (χ0n) is 12.2. The first kappa shape index (κ1) is 15.7. The lowest BCUT2D eigenvalue weighted by molar-refractivity contribution is 0.0887. The molecule has 4 nitrogen and oxygen atoms in total. The molecule has 0 bridgehead atoms. The van der Waals surface area contributed by atoms with Crippen LogP contribution in [0, 0.1) is 5.92 Å². The first-order valence-corrected chi connectivity index (χ1v) is 7.36. The Hall–Kier alpha value is -1.65. The van der Waals surface area contributed by atoms with E-state index < -0.39 is 0 Å². The lowest BCUT2D eigenvalue weighted by Gasteiger charge is -2.10. The number of aromatic nitrogens is 1. The SMILES string of the molecule is CC(C)COCCNC(=O)c1cnc(Cl)c2ccccc12. The number of halogens is 1. The van der Waals surface area contributed by atoms with E-state index in [4.69, 9.17) is 16.3 Å². The predicted molar refractivity (Wildman–Crippen MR) is 84.7 cm³/mol. The molecule has 1 N–H and O–H groups in total. The van der Waals surface area contributed by atoms with Crippen LogP contribution in [0.1, 0.15) is 24.2 Å². The summed E-state index contributed by atoms with van der Waals surface area (Å²) in [5.41, 5.74) is 0.527. The van der Waals surface area contributed by atoms with Crippen molar-refractivity contribution in [3.8, 4) is 0 Å². The molecule has 0 atom stereocenters. The number of amides is 1. The Morgan fingerprint density at radius 2 is 2.05 bits per heavy atom. The molecule has 0 spiro atoms. The molecule has 21 heavy (non-hydrogen) atoms. The van der Waals surface area contributed by atoms with Crippen molar-refractivity contribution >= 4 is 28.3 Å². The third-order valence-corrected chi connectivity index (χ3v) is 3.28. The highest BCUT2D eigenvalue weighted by Gasteiger charge is 2.12. The summed E-state index contributed by atoms with van der Waals surface area (Å²) < 4.78 is 5.44. The second-order valence-electron chi connectivity index (χ2n) is 5.23. The molecule has 0 aliphatic carbocycles. The fourth-order valence-electron chi connectivity index (χ4n) is 1.99. The van der Waals surface area contributed by atoms with Crippen LogP contribution in [0.15, 0.2) is 30.5 Å². The van der Waals surface area contributed by atoms with Crippen LogP contribution in [0.5, 0.6) is 0 Å². The summed E-state index contributed by atoms with van der Waals surface area (Å²) in [7, 11) is 0. The van der Waals surface area contributed by atoms with Gasteiger partial charge in [-0.1, -0.05) is 49.7 Å². The Labute approximate surface area is 129 Å². The molecule has 0 aliphatic heterocycles. The van der Waals surface area contributed by atoms with Crippen LogP contribution in [0.4, 0.5) is 0 Å². The van der Waals surface area contributed by atoms with Crippen molar-refractivity contribution in [2.75, 3.05) is 19.8 Å². The Bertz CT molecular complexity index is 629. The van der Waals surface area contributed by atoms with E-state index in [1.807, 2.05) is 24.3 Å². The molecule has 5 heteroatoms. The second kappa shape index (κ2) is 7.38. The zero-order chi connectivity index (χ0) is 15.2. The van der Waals surface area contributed by atoms with Crippen molar-refractivity contribution < 1.29 is 9.53 Å². The van der Waals surface area contributed by atoms with E-state index in [2.05, 4.69) is 24.1 Å². The summed E-state index contributed by atoms with van der Waals surface area (Å²) >= 11 is 6.05. The number of ether oxygens (including phenoxy) is 1. The lowest BCUT2D eigenvalue weighted by Crippen LogP contribution is -2.28. The summed E-state index contributed by atoms with van der Waals surface area (Å²) in [6, 6.07) is 7.47. The summed E-state index contributed by atoms with van der Waals surface area (Å²) in [5, 5.41) is 4.83. The van der Waals surface area contributed by atoms with E-state index in [0.29, 0.717) is 36.4 Å². The molecule has 0 radical (unpaired) electrons. The molecule has 1 aromatic carbocycles. The van der Waals surface area contributed by atoms with Gasteiger partial charge in [-0.05, 0) is 11.3 Å². The van der Waals surface area contributed by atoms with Gasteiger partial charge in [0.25, 0.3) is 5.91 Å². The molecule has 0 aliphatic rings. The number of nitrogens with zero attached hydrogens (tertiary/aromatic N) is 1. The number of hydrogen-bond donors (Lipinski definition) is 1. The van der Waals surface area contributed by atoms with Crippen LogP contribution in [0.2, 0.25) is 5.15 Å². The topological polar surface area (TPSA) is 51.2 Å². The van der Waals surface area contributed by atoms with E-state index in [-0.39, 0.29) is 5.91 Å². The predicted octanol–water partition coefficient (Wildman–Crippen LogP) is 3.29. The van der Waals surface area contributed by atoms with Gasteiger partial charge < -0.3 is 10.1 Å². The van der Waals surface area contributed by atoms with Gasteiger partial charge in [0.2, 0.25) is 0 Å². The highest BCUT2D eigenvalue weighted by Crippen LogP contribution is 2.23. The zero-order valence-corrected chi connectivity index (χ0v) is 13.0. The number of pyridine rings is 1. The highest BCUT2D eigenvalue weighted by atomic mass is 35.5. The number of nitrogens with one attached hydrogen (secondary N) is 1. The Morgan fingerprint density at radius 3 is 2.76 bits per heavy atom. The third kappa shape index (κ3) is 4.16. The van der Waals surface area contributed by atoms with Gasteiger partial charge in [0, 0.05) is 24.7 Å². The van der Waals surface area contributed by atoms with Crippen LogP contribution in [-0.2, 0) is 4.74 Å². The van der Waals surface area contributed by atoms with E-state index in [0.717, 1.165) is 10.8 Å². The molecule has 0 fully saturated rings. The molecule has 1 aromatic heterocycles. The first-order valence-electron chi connectivity index (χ1n) is 6.98. The number of benzene rings is 1. The maximum Gasteiger partial charge on any atom is 0.253 e. The number of rotatable bonds is 6. The van der Waals surface area contributed by atoms with Gasteiger partial charge in [0.05, 0.1) is 12.2 Å². The summed E-state index contributed by atoms with van der Waals surface area (Å²) in [6.45, 7) is 5.85. The van der Waals surface area contributed by atoms with Crippen molar-refractivity contribution in [1.29, 1.82) is 0 Å². The van der Waals surface area contributed by atoms with Crippen molar-refractivity contribution in [2.45, 2.75) is 13.8 Å². The van der Waals surface area contributed by atoms with Gasteiger partial charge in [-0.15, -0.1) is 0 Å². The quantitative estimate of drug-likeness (QED) is 0.658. The Morgan fingerprint density at radius 1 is 1.33 bits per heavy atom. The van der Waals surface area contributed by atoms with Crippen LogP contribution < -0.4 is 5.32 Å². The van der Waals surface area contributed by atoms with Crippen LogP contribution in [-0.4, -0.2) is 30.6 Å². The van der Waals surface area contributed by atoms with Crippen molar-refractivity contribution in [2.24, 2.45) is 5.92 Å². The Kier molecular flexibility index (Phi) is 5.53. The smallest absolute Gasteiger partial charge is 0.253 e. The largest absolute Gasteiger partial charge is 0.379 e. The van der Waals surface area contributed by atoms with Gasteiger partial charge >= 0.3 is 0 Å². The molecule has 2 aromatic rings. The molecule has 0 saturated carbocycles. The van der Waals surface area contributed by atoms with Crippen LogP contribution >= 0.6 is 11.6 Å². The van der Waals surface area contributed by atoms with Crippen LogP contribution in [0.25, 0.3) is 10.8 Å². The molecular formula is C16H19ClN2O2. The van der Waals surface area contributed by atoms with Gasteiger partial charge in [0.15, 0.2) is 0 Å². The number of carbonyl (C=O) groups excluding carboxylic acids is 1. The van der Waals surface area contributed by atoms with Gasteiger partial charge in [0.1, 0.15) is 5.15 Å². The fraction of sp³-hybridized carbons (Fsp3) is 0.375. The maximum atomic E-state index is 12.2. The standard InChI is InChI=1S/C16H19ClN2O2/c1-11(2)10-21-8-7-18-16(20)14-9-19-15(17)13-6-4-3-5-12(13)14/h3-6,9,11H,7-8,10H2,1-2H3,(H,18,20). The minimum absolute atomic E-state index is 0.163. The van der Waals surface area contributed by atoms with E-state index in [1.165, 1.54) is 6.20 Å². The minimum atomic E-state index is -0.163. The summed E-state index contributed by atoms with van der Waals surface area (Å²) in [4.78, 5) is 16.3. The number of hydrogen-bond acceptors (Lipinski definition) is 3. The van der Waals surface area contributed by atoms with Crippen molar-refractivity contribution in [1.82, 2.24) is 10.3 Å². The molecule has 0 saturated heterocycles. The first-order chi connectivity index (χ1) is 10.1. The van der Waals surface area contributed by atoms with Crippen molar-refractivity contribution in [3.05, 3.63) is 41.2 Å². The van der Waals surface area contributed by atoms with E-state index in [1.54, 1.807) is 0 Å². The number of carbonyl (C=O) groups is 1. The van der Waals surface area contributed by atoms with Crippen molar-refractivity contribution in [3.63, 3.8) is 0 Å². The van der Waals surface area contributed by atoms with E-state index in [9.17, 15) is 4.79 Å². The molecular weight excluding hydrogens is 288 g/mol. The molecule has 2 rings (SSSR count). The van der Waals surface area contributed by atoms with Gasteiger partial charge in [-0.2, -0.15) is 0 Å². The molecule has 1 heterocycles. The molecule has 112 valence electrons. The monoisotopic (exact) mass is 306 g/mol. The molecule has 0 unspecified atom stereocenters. The van der Waals surface area contributed by atoms with E-state index >= 15 is 0 Å². The fourth-order valence-corrected chi connectivity index (χ4v) is 2.20.